The van der Waals surface area contributed by atoms with Crippen LogP contribution in [0.5, 0.6) is 0 Å². The zero-order valence-electron chi connectivity index (χ0n) is 16.9. The number of hydrogen-bond donors (Lipinski definition) is 1. The lowest BCUT2D eigenvalue weighted by atomic mass is 10.2. The molecule has 0 spiro atoms. The van der Waals surface area contributed by atoms with Crippen LogP contribution in [0.25, 0.3) is 0 Å². The molecular formula is C21H21FN6O3. The summed E-state index contributed by atoms with van der Waals surface area (Å²) in [6.07, 6.45) is 2.63. The molecule has 1 aromatic carbocycles. The molecule has 31 heavy (non-hydrogen) atoms. The predicted octanol–water partition coefficient (Wildman–Crippen LogP) is 0.785. The predicted molar refractivity (Wildman–Crippen MR) is 112 cm³/mol. The van der Waals surface area contributed by atoms with Gasteiger partial charge in [-0.1, -0.05) is 18.2 Å². The van der Waals surface area contributed by atoms with Crippen LogP contribution in [0, 0.1) is 12.7 Å². The summed E-state index contributed by atoms with van der Waals surface area (Å²) in [6.45, 7) is 3.52. The van der Waals surface area contributed by atoms with Gasteiger partial charge in [0.25, 0.3) is 11.5 Å². The van der Waals surface area contributed by atoms with E-state index in [0.717, 1.165) is 22.3 Å². The Labute approximate surface area is 176 Å². The molecule has 1 N–H and O–H groups in total. The van der Waals surface area contributed by atoms with E-state index in [0.29, 0.717) is 26.2 Å². The average Bonchev–Trinajstić information content (AvgIpc) is 2.77. The first-order valence-electron chi connectivity index (χ1n) is 9.83. The maximum absolute atomic E-state index is 14.0. The number of hydrogen-bond acceptors (Lipinski definition) is 6. The Kier molecular flexibility index (Phi) is 5.61. The number of piperazine rings is 1. The van der Waals surface area contributed by atoms with E-state index in [1.807, 2.05) is 17.9 Å². The van der Waals surface area contributed by atoms with Crippen molar-refractivity contribution in [2.45, 2.75) is 13.5 Å². The number of aromatic nitrogens is 4. The van der Waals surface area contributed by atoms with Gasteiger partial charge in [0.05, 0.1) is 6.54 Å². The Morgan fingerprint density at radius 2 is 1.87 bits per heavy atom. The van der Waals surface area contributed by atoms with Crippen LogP contribution in [0.3, 0.4) is 0 Å². The third-order valence-corrected chi connectivity index (χ3v) is 5.26. The number of aromatic amines is 1. The maximum Gasteiger partial charge on any atom is 0.328 e. The highest BCUT2D eigenvalue weighted by molar-refractivity contribution is 5.93. The normalized spacial score (nSPS) is 14.0. The summed E-state index contributed by atoms with van der Waals surface area (Å²) in [5, 5.41) is 0. The molecule has 0 radical (unpaired) electrons. The first-order valence-corrected chi connectivity index (χ1v) is 9.83. The Hall–Kier alpha value is -3.82. The second-order valence-electron chi connectivity index (χ2n) is 7.29. The zero-order valence-corrected chi connectivity index (χ0v) is 16.9. The standard InChI is InChI=1S/C21H21FN6O3/c1-14-10-18(25-13-24-14)26-6-8-27(9-7-26)19(29)16-11-23-21(31)28(20(16)30)12-15-4-2-3-5-17(15)22/h2-5,10-11,13H,6-9,12H2,1H3,(H,23,31). The van der Waals surface area contributed by atoms with Crippen molar-refractivity contribution in [1.29, 1.82) is 0 Å². The molecule has 1 saturated heterocycles. The van der Waals surface area contributed by atoms with Gasteiger partial charge < -0.3 is 14.8 Å². The second kappa shape index (κ2) is 8.50. The molecule has 0 atom stereocenters. The van der Waals surface area contributed by atoms with Crippen LogP contribution < -0.4 is 16.1 Å². The van der Waals surface area contributed by atoms with Crippen LogP contribution in [-0.4, -0.2) is 56.5 Å². The lowest BCUT2D eigenvalue weighted by Gasteiger charge is -2.35. The van der Waals surface area contributed by atoms with E-state index in [4.69, 9.17) is 0 Å². The number of nitrogens with one attached hydrogen (secondary N) is 1. The molecule has 160 valence electrons. The molecule has 1 aliphatic rings. The van der Waals surface area contributed by atoms with Crippen molar-refractivity contribution >= 4 is 11.7 Å². The van der Waals surface area contributed by atoms with Crippen molar-refractivity contribution in [3.8, 4) is 0 Å². The first-order chi connectivity index (χ1) is 14.9. The van der Waals surface area contributed by atoms with Crippen LogP contribution in [0.1, 0.15) is 21.6 Å². The maximum atomic E-state index is 14.0. The number of rotatable bonds is 4. The molecule has 10 heteroatoms. The van der Waals surface area contributed by atoms with Gasteiger partial charge in [0.2, 0.25) is 0 Å². The van der Waals surface area contributed by atoms with Gasteiger partial charge in [0.1, 0.15) is 23.5 Å². The van der Waals surface area contributed by atoms with Crippen LogP contribution in [0.15, 0.2) is 52.4 Å². The van der Waals surface area contributed by atoms with Crippen LogP contribution in [0.2, 0.25) is 0 Å². The third kappa shape index (κ3) is 4.23. The Morgan fingerprint density at radius 3 is 2.58 bits per heavy atom. The highest BCUT2D eigenvalue weighted by Crippen LogP contribution is 2.14. The number of aryl methyl sites for hydroxylation is 1. The molecule has 9 nitrogen and oxygen atoms in total. The smallest absolute Gasteiger partial charge is 0.328 e. The summed E-state index contributed by atoms with van der Waals surface area (Å²) in [7, 11) is 0. The third-order valence-electron chi connectivity index (χ3n) is 5.26. The Morgan fingerprint density at radius 1 is 1.13 bits per heavy atom. The number of carbonyl (C=O) groups excluding carboxylic acids is 1. The highest BCUT2D eigenvalue weighted by atomic mass is 19.1. The Bertz CT molecular complexity index is 1230. The lowest BCUT2D eigenvalue weighted by molar-refractivity contribution is 0.0743. The van der Waals surface area contributed by atoms with Crippen molar-refractivity contribution in [2.75, 3.05) is 31.1 Å². The monoisotopic (exact) mass is 424 g/mol. The van der Waals surface area contributed by atoms with E-state index < -0.39 is 23.0 Å². The Balaban J connectivity index is 1.52. The lowest BCUT2D eigenvalue weighted by Crippen LogP contribution is -2.51. The molecule has 0 unspecified atom stereocenters. The number of anilines is 1. The second-order valence-corrected chi connectivity index (χ2v) is 7.29. The van der Waals surface area contributed by atoms with Crippen molar-refractivity contribution in [3.05, 3.63) is 86.3 Å². The fourth-order valence-corrected chi connectivity index (χ4v) is 3.53. The fourth-order valence-electron chi connectivity index (χ4n) is 3.53. The van der Waals surface area contributed by atoms with Crippen molar-refractivity contribution < 1.29 is 9.18 Å². The van der Waals surface area contributed by atoms with E-state index in [-0.39, 0.29) is 17.7 Å². The summed E-state index contributed by atoms with van der Waals surface area (Å²) < 4.78 is 14.8. The summed E-state index contributed by atoms with van der Waals surface area (Å²) in [5.41, 5.74) is -0.553. The molecule has 1 aliphatic heterocycles. The van der Waals surface area contributed by atoms with E-state index in [1.54, 1.807) is 11.0 Å². The molecule has 0 bridgehead atoms. The SMILES string of the molecule is Cc1cc(N2CCN(C(=O)c3c[nH]c(=O)n(Cc4ccccc4F)c3=O)CC2)ncn1. The summed E-state index contributed by atoms with van der Waals surface area (Å²) in [5.74, 6) is -0.209. The van der Waals surface area contributed by atoms with Gasteiger partial charge in [-0.2, -0.15) is 0 Å². The van der Waals surface area contributed by atoms with Gasteiger partial charge in [-0.15, -0.1) is 0 Å². The molecule has 3 aromatic rings. The van der Waals surface area contributed by atoms with E-state index >= 15 is 0 Å². The number of H-pyrrole nitrogens is 1. The number of nitrogens with zero attached hydrogens (tertiary/aromatic N) is 5. The van der Waals surface area contributed by atoms with Crippen molar-refractivity contribution in [1.82, 2.24) is 24.4 Å². The van der Waals surface area contributed by atoms with E-state index in [2.05, 4.69) is 15.0 Å². The number of benzene rings is 1. The quantitative estimate of drug-likeness (QED) is 0.664. The summed E-state index contributed by atoms with van der Waals surface area (Å²) in [4.78, 5) is 52.4. The zero-order chi connectivity index (χ0) is 22.0. The minimum atomic E-state index is -0.745. The molecule has 4 rings (SSSR count). The van der Waals surface area contributed by atoms with Gasteiger partial charge in [0.15, 0.2) is 0 Å². The van der Waals surface area contributed by atoms with Crippen molar-refractivity contribution in [2.24, 2.45) is 0 Å². The van der Waals surface area contributed by atoms with E-state index in [9.17, 15) is 18.8 Å². The molecule has 2 aromatic heterocycles. The summed E-state index contributed by atoms with van der Waals surface area (Å²) >= 11 is 0. The molecule has 0 aliphatic carbocycles. The van der Waals surface area contributed by atoms with Gasteiger partial charge >= 0.3 is 5.69 Å². The van der Waals surface area contributed by atoms with E-state index in [1.165, 1.54) is 24.5 Å². The highest BCUT2D eigenvalue weighted by Gasteiger charge is 2.26. The molecule has 3 heterocycles. The van der Waals surface area contributed by atoms with Crippen LogP contribution in [-0.2, 0) is 6.54 Å². The van der Waals surface area contributed by atoms with Gasteiger partial charge in [-0.05, 0) is 13.0 Å². The number of carbonyl (C=O) groups is 1. The van der Waals surface area contributed by atoms with Crippen molar-refractivity contribution in [3.63, 3.8) is 0 Å². The minimum Gasteiger partial charge on any atom is -0.353 e. The molecule has 1 amide bonds. The fraction of sp³-hybridized carbons (Fsp3) is 0.286. The first kappa shape index (κ1) is 20.5. The molecule has 1 fully saturated rings. The summed E-state index contributed by atoms with van der Waals surface area (Å²) in [6, 6.07) is 7.76. The molecule has 0 saturated carbocycles. The largest absolute Gasteiger partial charge is 0.353 e. The minimum absolute atomic E-state index is 0.151. The number of amides is 1. The average molecular weight is 424 g/mol. The van der Waals surface area contributed by atoms with Crippen LogP contribution >= 0.6 is 0 Å². The topological polar surface area (TPSA) is 104 Å². The number of halogens is 1. The van der Waals surface area contributed by atoms with Gasteiger partial charge in [-0.25, -0.2) is 19.2 Å². The van der Waals surface area contributed by atoms with Crippen LogP contribution in [0.4, 0.5) is 10.2 Å². The van der Waals surface area contributed by atoms with Gasteiger partial charge in [-0.3, -0.25) is 14.2 Å². The molecular weight excluding hydrogens is 403 g/mol. The van der Waals surface area contributed by atoms with Gasteiger partial charge in [0, 0.05) is 49.7 Å².